The summed E-state index contributed by atoms with van der Waals surface area (Å²) in [5.74, 6) is 0.998. The summed E-state index contributed by atoms with van der Waals surface area (Å²) in [5.41, 5.74) is 1.59. The minimum atomic E-state index is -3.55. The number of aromatic nitrogens is 1. The lowest BCUT2D eigenvalue weighted by atomic mass is 10.3. The molecule has 1 aromatic heterocycles. The summed E-state index contributed by atoms with van der Waals surface area (Å²) in [5, 5.41) is 3.16. The molecule has 1 aromatic carbocycles. The van der Waals surface area contributed by atoms with Crippen LogP contribution in [0.15, 0.2) is 42.6 Å². The topological polar surface area (TPSA) is 83.6 Å². The van der Waals surface area contributed by atoms with Crippen LogP contribution < -0.4 is 14.8 Å². The normalized spacial score (nSPS) is 11.3. The average molecular weight is 322 g/mol. The summed E-state index contributed by atoms with van der Waals surface area (Å²) in [7, 11) is 0.946. The lowest BCUT2D eigenvalue weighted by molar-refractivity contribution is 0.415. The molecular weight excluding hydrogens is 304 g/mol. The van der Waals surface area contributed by atoms with Gasteiger partial charge in [0.2, 0.25) is 0 Å². The van der Waals surface area contributed by atoms with Gasteiger partial charge in [-0.25, -0.2) is 4.98 Å². The van der Waals surface area contributed by atoms with Gasteiger partial charge in [0.15, 0.2) is 0 Å². The number of rotatable bonds is 6. The van der Waals surface area contributed by atoms with E-state index in [2.05, 4.69) is 15.0 Å². The second-order valence-electron chi connectivity index (χ2n) is 4.68. The molecule has 0 amide bonds. The van der Waals surface area contributed by atoms with Gasteiger partial charge < -0.3 is 10.1 Å². The Balaban J connectivity index is 2.09. The van der Waals surface area contributed by atoms with Crippen LogP contribution in [0.2, 0.25) is 0 Å². The van der Waals surface area contributed by atoms with Gasteiger partial charge >= 0.3 is 10.2 Å². The van der Waals surface area contributed by atoms with Gasteiger partial charge in [0, 0.05) is 25.8 Å². The van der Waals surface area contributed by atoms with Gasteiger partial charge in [-0.15, -0.1) is 0 Å². The summed E-state index contributed by atoms with van der Waals surface area (Å²) in [6.07, 6.45) is 1.55. The maximum Gasteiger partial charge on any atom is 0.302 e. The summed E-state index contributed by atoms with van der Waals surface area (Å²) < 4.78 is 32.0. The largest absolute Gasteiger partial charge is 0.497 e. The van der Waals surface area contributed by atoms with Crippen molar-refractivity contribution in [1.29, 1.82) is 0 Å². The van der Waals surface area contributed by atoms with E-state index in [0.717, 1.165) is 21.4 Å². The molecule has 0 aliphatic heterocycles. The molecule has 118 valence electrons. The van der Waals surface area contributed by atoms with Crippen molar-refractivity contribution >= 4 is 27.4 Å². The van der Waals surface area contributed by atoms with Crippen LogP contribution in [0.25, 0.3) is 0 Å². The van der Waals surface area contributed by atoms with E-state index in [0.29, 0.717) is 0 Å². The summed E-state index contributed by atoms with van der Waals surface area (Å²) in [6, 6.07) is 10.8. The first-order chi connectivity index (χ1) is 10.4. The van der Waals surface area contributed by atoms with Gasteiger partial charge in [-0.05, 0) is 24.3 Å². The minimum absolute atomic E-state index is 0.255. The Labute approximate surface area is 130 Å². The van der Waals surface area contributed by atoms with Crippen LogP contribution in [0.3, 0.4) is 0 Å². The number of hydrogen-bond donors (Lipinski definition) is 2. The molecule has 0 fully saturated rings. The van der Waals surface area contributed by atoms with Crippen molar-refractivity contribution < 1.29 is 13.2 Å². The molecule has 0 saturated carbocycles. The van der Waals surface area contributed by atoms with Crippen molar-refractivity contribution in [3.63, 3.8) is 0 Å². The van der Waals surface area contributed by atoms with Crippen LogP contribution >= 0.6 is 0 Å². The van der Waals surface area contributed by atoms with E-state index < -0.39 is 10.2 Å². The SMILES string of the molecule is COc1cccc(Nc2ccc(NS(=O)(=O)N(C)C)nc2)c1. The summed E-state index contributed by atoms with van der Waals surface area (Å²) in [4.78, 5) is 4.07. The first kappa shape index (κ1) is 16.1. The number of pyridine rings is 1. The molecule has 2 rings (SSSR count). The molecule has 0 spiro atoms. The number of nitrogens with one attached hydrogen (secondary N) is 2. The van der Waals surface area contributed by atoms with Crippen LogP contribution in [0, 0.1) is 0 Å². The third-order valence-corrected chi connectivity index (χ3v) is 4.26. The number of ether oxygens (including phenoxy) is 1. The van der Waals surface area contributed by atoms with E-state index in [1.165, 1.54) is 14.1 Å². The average Bonchev–Trinajstić information content (AvgIpc) is 2.49. The lowest BCUT2D eigenvalue weighted by Crippen LogP contribution is -2.29. The zero-order valence-corrected chi connectivity index (χ0v) is 13.4. The van der Waals surface area contributed by atoms with Crippen molar-refractivity contribution in [3.8, 4) is 5.75 Å². The van der Waals surface area contributed by atoms with Gasteiger partial charge in [0.1, 0.15) is 11.6 Å². The minimum Gasteiger partial charge on any atom is -0.497 e. The molecule has 0 aliphatic rings. The maximum absolute atomic E-state index is 11.7. The Morgan fingerprint density at radius 3 is 2.50 bits per heavy atom. The molecular formula is C14H18N4O3S. The summed E-state index contributed by atoms with van der Waals surface area (Å²) >= 11 is 0. The van der Waals surface area contributed by atoms with E-state index >= 15 is 0 Å². The van der Waals surface area contributed by atoms with E-state index in [1.807, 2.05) is 24.3 Å². The van der Waals surface area contributed by atoms with Crippen molar-refractivity contribution in [3.05, 3.63) is 42.6 Å². The number of hydrogen-bond acceptors (Lipinski definition) is 5. The molecule has 7 nitrogen and oxygen atoms in total. The number of benzene rings is 1. The van der Waals surface area contributed by atoms with Gasteiger partial charge in [-0.2, -0.15) is 12.7 Å². The van der Waals surface area contributed by atoms with Crippen LogP contribution in [-0.4, -0.2) is 38.9 Å². The number of anilines is 3. The summed E-state index contributed by atoms with van der Waals surface area (Å²) in [6.45, 7) is 0. The third-order valence-electron chi connectivity index (χ3n) is 2.84. The molecule has 0 aliphatic carbocycles. The predicted molar refractivity (Wildman–Crippen MR) is 86.7 cm³/mol. The Hall–Kier alpha value is -2.32. The van der Waals surface area contributed by atoms with Gasteiger partial charge in [-0.3, -0.25) is 4.72 Å². The van der Waals surface area contributed by atoms with Crippen molar-refractivity contribution in [1.82, 2.24) is 9.29 Å². The fraction of sp³-hybridized carbons (Fsp3) is 0.214. The molecule has 0 radical (unpaired) electrons. The molecule has 0 bridgehead atoms. The van der Waals surface area contributed by atoms with E-state index in [1.54, 1.807) is 25.4 Å². The molecule has 22 heavy (non-hydrogen) atoms. The van der Waals surface area contributed by atoms with Crippen LogP contribution in [0.1, 0.15) is 0 Å². The van der Waals surface area contributed by atoms with E-state index in [9.17, 15) is 8.42 Å². The standard InChI is InChI=1S/C14H18N4O3S/c1-18(2)22(19,20)17-14-8-7-12(10-15-14)16-11-5-4-6-13(9-11)21-3/h4-10,16H,1-3H3,(H,15,17). The van der Waals surface area contributed by atoms with Gasteiger partial charge in [-0.1, -0.05) is 6.07 Å². The maximum atomic E-state index is 11.7. The molecule has 0 atom stereocenters. The van der Waals surface area contributed by atoms with Gasteiger partial charge in [0.05, 0.1) is 19.0 Å². The first-order valence-electron chi connectivity index (χ1n) is 6.48. The highest BCUT2D eigenvalue weighted by molar-refractivity contribution is 7.90. The Bertz CT molecular complexity index is 730. The second-order valence-corrected chi connectivity index (χ2v) is 6.56. The number of methoxy groups -OCH3 is 1. The van der Waals surface area contributed by atoms with Crippen LogP contribution in [0.4, 0.5) is 17.2 Å². The Morgan fingerprint density at radius 1 is 1.14 bits per heavy atom. The molecule has 2 aromatic rings. The fourth-order valence-corrected chi connectivity index (χ4v) is 2.19. The van der Waals surface area contributed by atoms with Crippen molar-refractivity contribution in [2.24, 2.45) is 0 Å². The quantitative estimate of drug-likeness (QED) is 0.850. The lowest BCUT2D eigenvalue weighted by Gasteiger charge is -2.13. The predicted octanol–water partition coefficient (Wildman–Crippen LogP) is 2.05. The second kappa shape index (κ2) is 6.63. The molecule has 8 heteroatoms. The zero-order chi connectivity index (χ0) is 16.2. The highest BCUT2D eigenvalue weighted by Crippen LogP contribution is 2.21. The van der Waals surface area contributed by atoms with E-state index in [-0.39, 0.29) is 5.82 Å². The zero-order valence-electron chi connectivity index (χ0n) is 12.6. The highest BCUT2D eigenvalue weighted by atomic mass is 32.2. The Morgan fingerprint density at radius 2 is 1.91 bits per heavy atom. The number of nitrogens with zero attached hydrogens (tertiary/aromatic N) is 2. The van der Waals surface area contributed by atoms with Crippen LogP contribution in [-0.2, 0) is 10.2 Å². The van der Waals surface area contributed by atoms with Crippen LogP contribution in [0.5, 0.6) is 5.75 Å². The fourth-order valence-electron chi connectivity index (χ4n) is 1.62. The first-order valence-corrected chi connectivity index (χ1v) is 7.92. The van der Waals surface area contributed by atoms with E-state index in [4.69, 9.17) is 4.74 Å². The van der Waals surface area contributed by atoms with Gasteiger partial charge in [0.25, 0.3) is 0 Å². The van der Waals surface area contributed by atoms with Crippen molar-refractivity contribution in [2.45, 2.75) is 0 Å². The Kier molecular flexibility index (Phi) is 4.84. The smallest absolute Gasteiger partial charge is 0.302 e. The monoisotopic (exact) mass is 322 g/mol. The highest BCUT2D eigenvalue weighted by Gasteiger charge is 2.13. The molecule has 1 heterocycles. The van der Waals surface area contributed by atoms with Crippen molar-refractivity contribution in [2.75, 3.05) is 31.2 Å². The molecule has 2 N–H and O–H groups in total. The molecule has 0 unspecified atom stereocenters. The third kappa shape index (κ3) is 4.09. The molecule has 0 saturated heterocycles.